The van der Waals surface area contributed by atoms with Crippen LogP contribution in [0.1, 0.15) is 5.56 Å². The molecule has 0 fully saturated rings. The summed E-state index contributed by atoms with van der Waals surface area (Å²) in [5, 5.41) is 10.9. The molecule has 1 amide bonds. The molecule has 6 nitrogen and oxygen atoms in total. The molecular weight excluding hydrogens is 290 g/mol. The Labute approximate surface area is 125 Å². The first-order chi connectivity index (χ1) is 10.2. The van der Waals surface area contributed by atoms with Gasteiger partial charge in [0.2, 0.25) is 0 Å². The number of carbonyl (C=O) groups is 2. The highest BCUT2D eigenvalue weighted by molar-refractivity contribution is 7.13. The number of carbonyl (C=O) groups excluding carboxylic acids is 1. The predicted molar refractivity (Wildman–Crippen MR) is 79.2 cm³/mol. The van der Waals surface area contributed by atoms with Crippen LogP contribution in [0, 0.1) is 0 Å². The molecule has 0 aliphatic carbocycles. The van der Waals surface area contributed by atoms with Crippen molar-refractivity contribution in [1.29, 1.82) is 0 Å². The lowest BCUT2D eigenvalue weighted by Gasteiger charge is -2.18. The lowest BCUT2D eigenvalue weighted by atomic mass is 10.2. The number of pyridine rings is 1. The fourth-order valence-corrected chi connectivity index (χ4v) is 2.35. The van der Waals surface area contributed by atoms with Gasteiger partial charge in [0.15, 0.2) is 5.13 Å². The summed E-state index contributed by atoms with van der Waals surface area (Å²) in [6.45, 7) is 0.417. The van der Waals surface area contributed by atoms with Gasteiger partial charge in [0.05, 0.1) is 0 Å². The Hall–Kier alpha value is -2.54. The van der Waals surface area contributed by atoms with E-state index in [0.717, 1.165) is 17.7 Å². The lowest BCUT2D eigenvalue weighted by Crippen LogP contribution is -2.31. The average Bonchev–Trinajstić information content (AvgIpc) is 3.00. The van der Waals surface area contributed by atoms with Gasteiger partial charge in [0.25, 0.3) is 5.91 Å². The molecule has 7 heteroatoms. The first-order valence-electron chi connectivity index (χ1n) is 6.17. The zero-order chi connectivity index (χ0) is 15.1. The second-order valence-electron chi connectivity index (χ2n) is 4.08. The van der Waals surface area contributed by atoms with Gasteiger partial charge >= 0.3 is 5.97 Å². The molecular formula is C14H13N3O3S. The van der Waals surface area contributed by atoms with Crippen LogP contribution in [-0.2, 0) is 16.0 Å². The molecule has 108 valence electrons. The molecule has 21 heavy (non-hydrogen) atoms. The molecule has 2 aromatic rings. The van der Waals surface area contributed by atoms with E-state index >= 15 is 0 Å². The SMILES string of the molecule is O=C(O)/C=C/C(=O)N(CCc1ccncc1)c1nccs1. The van der Waals surface area contributed by atoms with Crippen LogP contribution >= 0.6 is 11.3 Å². The number of aliphatic carboxylic acids is 1. The van der Waals surface area contributed by atoms with Crippen molar-refractivity contribution in [3.8, 4) is 0 Å². The maximum absolute atomic E-state index is 12.1. The van der Waals surface area contributed by atoms with Crippen LogP contribution < -0.4 is 4.90 Å². The predicted octanol–water partition coefficient (Wildman–Crippen LogP) is 1.75. The van der Waals surface area contributed by atoms with E-state index in [2.05, 4.69) is 9.97 Å². The van der Waals surface area contributed by atoms with Crippen LogP contribution in [0.5, 0.6) is 0 Å². The number of hydrogen-bond donors (Lipinski definition) is 1. The van der Waals surface area contributed by atoms with Crippen molar-refractivity contribution >= 4 is 28.3 Å². The summed E-state index contributed by atoms with van der Waals surface area (Å²) in [6, 6.07) is 3.75. The molecule has 0 radical (unpaired) electrons. The monoisotopic (exact) mass is 303 g/mol. The summed E-state index contributed by atoms with van der Waals surface area (Å²) in [7, 11) is 0. The van der Waals surface area contributed by atoms with Crippen LogP contribution in [0.4, 0.5) is 5.13 Å². The molecule has 0 atom stereocenters. The number of nitrogens with zero attached hydrogens (tertiary/aromatic N) is 3. The van der Waals surface area contributed by atoms with E-state index < -0.39 is 11.9 Å². The lowest BCUT2D eigenvalue weighted by molar-refractivity contribution is -0.131. The summed E-state index contributed by atoms with van der Waals surface area (Å²) < 4.78 is 0. The number of anilines is 1. The van der Waals surface area contributed by atoms with Gasteiger partial charge in [-0.25, -0.2) is 9.78 Å². The topological polar surface area (TPSA) is 83.4 Å². The number of thiazole rings is 1. The Morgan fingerprint density at radius 1 is 1.24 bits per heavy atom. The molecule has 0 saturated carbocycles. The van der Waals surface area contributed by atoms with Crippen molar-refractivity contribution in [3.63, 3.8) is 0 Å². The van der Waals surface area contributed by atoms with Crippen LogP contribution in [0.15, 0.2) is 48.3 Å². The second kappa shape index (κ2) is 7.30. The summed E-state index contributed by atoms with van der Waals surface area (Å²) in [5.74, 6) is -1.56. The largest absolute Gasteiger partial charge is 0.478 e. The number of hydrogen-bond acceptors (Lipinski definition) is 5. The van der Waals surface area contributed by atoms with Gasteiger partial charge in [-0.05, 0) is 24.1 Å². The van der Waals surface area contributed by atoms with Crippen LogP contribution in [0.3, 0.4) is 0 Å². The summed E-state index contributed by atoms with van der Waals surface area (Å²) >= 11 is 1.33. The van der Waals surface area contributed by atoms with E-state index in [9.17, 15) is 9.59 Å². The average molecular weight is 303 g/mol. The number of aromatic nitrogens is 2. The Balaban J connectivity index is 2.10. The van der Waals surface area contributed by atoms with Gasteiger partial charge in [-0.3, -0.25) is 14.7 Å². The standard InChI is InChI=1S/C14H13N3O3S/c18-12(1-2-13(19)20)17(14-16-8-10-21-14)9-5-11-3-6-15-7-4-11/h1-4,6-8,10H,5,9H2,(H,19,20)/b2-1+. The van der Waals surface area contributed by atoms with Crippen LogP contribution in [-0.4, -0.2) is 33.5 Å². The minimum atomic E-state index is -1.16. The maximum atomic E-state index is 12.1. The van der Waals surface area contributed by atoms with Crippen molar-refractivity contribution in [2.24, 2.45) is 0 Å². The van der Waals surface area contributed by atoms with Crippen molar-refractivity contribution in [1.82, 2.24) is 9.97 Å². The van der Waals surface area contributed by atoms with E-state index in [1.165, 1.54) is 16.2 Å². The first kappa shape index (κ1) is 14.9. The first-order valence-corrected chi connectivity index (χ1v) is 7.05. The van der Waals surface area contributed by atoms with Gasteiger partial charge in [-0.15, -0.1) is 11.3 Å². The summed E-state index contributed by atoms with van der Waals surface area (Å²) in [4.78, 5) is 32.1. The third-order valence-electron chi connectivity index (χ3n) is 2.66. The summed E-state index contributed by atoms with van der Waals surface area (Å²) in [5.41, 5.74) is 1.04. The molecule has 2 aromatic heterocycles. The summed E-state index contributed by atoms with van der Waals surface area (Å²) in [6.07, 6.45) is 7.48. The van der Waals surface area contributed by atoms with E-state index in [1.54, 1.807) is 24.0 Å². The molecule has 2 heterocycles. The van der Waals surface area contributed by atoms with E-state index in [4.69, 9.17) is 5.11 Å². The zero-order valence-electron chi connectivity index (χ0n) is 11.0. The molecule has 0 aromatic carbocycles. The van der Waals surface area contributed by atoms with Crippen molar-refractivity contribution in [2.45, 2.75) is 6.42 Å². The maximum Gasteiger partial charge on any atom is 0.328 e. The minimum Gasteiger partial charge on any atom is -0.478 e. The van der Waals surface area contributed by atoms with Crippen molar-refractivity contribution < 1.29 is 14.7 Å². The highest BCUT2D eigenvalue weighted by Gasteiger charge is 2.15. The third-order valence-corrected chi connectivity index (χ3v) is 3.45. The zero-order valence-corrected chi connectivity index (χ0v) is 11.9. The molecule has 0 aliphatic heterocycles. The number of rotatable bonds is 6. The molecule has 0 saturated heterocycles. The number of amides is 1. The van der Waals surface area contributed by atoms with Crippen LogP contribution in [0.25, 0.3) is 0 Å². The van der Waals surface area contributed by atoms with Gasteiger partial charge in [-0.2, -0.15) is 0 Å². The van der Waals surface area contributed by atoms with Gasteiger partial charge < -0.3 is 5.11 Å². The van der Waals surface area contributed by atoms with Gasteiger partial charge in [-0.1, -0.05) is 0 Å². The quantitative estimate of drug-likeness (QED) is 0.822. The Bertz CT molecular complexity index is 626. The fourth-order valence-electron chi connectivity index (χ4n) is 1.67. The number of carboxylic acid groups (broad SMARTS) is 1. The van der Waals surface area contributed by atoms with E-state index in [1.807, 2.05) is 12.1 Å². The highest BCUT2D eigenvalue weighted by Crippen LogP contribution is 2.18. The molecule has 0 bridgehead atoms. The molecule has 0 spiro atoms. The van der Waals surface area contributed by atoms with Crippen LogP contribution in [0.2, 0.25) is 0 Å². The smallest absolute Gasteiger partial charge is 0.328 e. The Morgan fingerprint density at radius 2 is 2.00 bits per heavy atom. The van der Waals surface area contributed by atoms with E-state index in [0.29, 0.717) is 18.1 Å². The Kier molecular flexibility index (Phi) is 5.16. The molecule has 2 rings (SSSR count). The molecule has 0 unspecified atom stereocenters. The third kappa shape index (κ3) is 4.50. The van der Waals surface area contributed by atoms with Gasteiger partial charge in [0.1, 0.15) is 0 Å². The highest BCUT2D eigenvalue weighted by atomic mass is 32.1. The normalized spacial score (nSPS) is 10.7. The minimum absolute atomic E-state index is 0.401. The Morgan fingerprint density at radius 3 is 2.62 bits per heavy atom. The molecule has 1 N–H and O–H groups in total. The fraction of sp³-hybridized carbons (Fsp3) is 0.143. The van der Waals surface area contributed by atoms with E-state index in [-0.39, 0.29) is 0 Å². The number of carboxylic acids is 1. The van der Waals surface area contributed by atoms with Crippen molar-refractivity contribution in [3.05, 3.63) is 53.8 Å². The van der Waals surface area contributed by atoms with Crippen molar-refractivity contribution in [2.75, 3.05) is 11.4 Å². The molecule has 0 aliphatic rings. The second-order valence-corrected chi connectivity index (χ2v) is 4.95. The van der Waals surface area contributed by atoms with Gasteiger partial charge in [0, 0.05) is 42.7 Å².